The molecule has 1 aliphatic heterocycles. The number of nitrogens with zero attached hydrogens (tertiary/aromatic N) is 3. The van der Waals surface area contributed by atoms with Gasteiger partial charge in [0, 0.05) is 51.2 Å². The lowest BCUT2D eigenvalue weighted by molar-refractivity contribution is -0.116. The van der Waals surface area contributed by atoms with Crippen molar-refractivity contribution >= 4 is 22.0 Å². The zero-order valence-electron chi connectivity index (χ0n) is 22.3. The first-order valence-corrected chi connectivity index (χ1v) is 15.2. The van der Waals surface area contributed by atoms with E-state index in [0.717, 1.165) is 83.4 Å². The number of ether oxygens (including phenoxy) is 1. The fourth-order valence-electron chi connectivity index (χ4n) is 4.43. The van der Waals surface area contributed by atoms with Crippen molar-refractivity contribution in [2.45, 2.75) is 49.8 Å². The number of nitrogens with one attached hydrogen (secondary N) is 1. The van der Waals surface area contributed by atoms with Crippen LogP contribution in [0.3, 0.4) is 0 Å². The van der Waals surface area contributed by atoms with Gasteiger partial charge in [-0.25, -0.2) is 8.42 Å². The first-order valence-electron chi connectivity index (χ1n) is 13.8. The van der Waals surface area contributed by atoms with E-state index in [1.807, 2.05) is 18.2 Å². The zero-order valence-corrected chi connectivity index (χ0v) is 23.2. The Kier molecular flexibility index (Phi) is 13.5. The molecule has 208 valence electrons. The molecule has 2 aromatic rings. The summed E-state index contributed by atoms with van der Waals surface area (Å²) in [5.41, 5.74) is 0.898. The number of morpholine rings is 1. The summed E-state index contributed by atoms with van der Waals surface area (Å²) in [7, 11) is -3.50. The monoisotopic (exact) mass is 542 g/mol. The smallest absolute Gasteiger partial charge is 0.243 e. The molecule has 1 fully saturated rings. The summed E-state index contributed by atoms with van der Waals surface area (Å²) >= 11 is 0. The molecule has 0 aliphatic carbocycles. The molecular weight excluding hydrogens is 500 g/mol. The van der Waals surface area contributed by atoms with Gasteiger partial charge >= 0.3 is 0 Å². The number of benzene rings is 1. The minimum Gasteiger partial charge on any atom is -0.379 e. The van der Waals surface area contributed by atoms with Crippen molar-refractivity contribution < 1.29 is 17.9 Å². The van der Waals surface area contributed by atoms with Crippen LogP contribution < -0.4 is 5.32 Å². The van der Waals surface area contributed by atoms with E-state index in [4.69, 9.17) is 4.74 Å². The second-order valence-electron chi connectivity index (χ2n) is 9.56. The minimum absolute atomic E-state index is 0.0952. The highest BCUT2D eigenvalue weighted by molar-refractivity contribution is 7.89. The van der Waals surface area contributed by atoms with Crippen molar-refractivity contribution in [3.63, 3.8) is 0 Å². The minimum atomic E-state index is -3.50. The molecule has 9 heteroatoms. The van der Waals surface area contributed by atoms with Gasteiger partial charge in [-0.2, -0.15) is 4.31 Å². The first kappa shape index (κ1) is 30.0. The molecule has 1 aliphatic rings. The predicted octanol–water partition coefficient (Wildman–Crippen LogP) is 3.96. The third kappa shape index (κ3) is 11.0. The second kappa shape index (κ2) is 17.1. The maximum absolute atomic E-state index is 13.3. The summed E-state index contributed by atoms with van der Waals surface area (Å²) in [6.07, 6.45) is 13.5. The number of carbonyl (C=O) groups excluding carboxylic acids is 1. The van der Waals surface area contributed by atoms with Crippen LogP contribution >= 0.6 is 0 Å². The molecule has 0 spiro atoms. The predicted molar refractivity (Wildman–Crippen MR) is 151 cm³/mol. The van der Waals surface area contributed by atoms with Crippen LogP contribution in [0.4, 0.5) is 0 Å². The van der Waals surface area contributed by atoms with Crippen LogP contribution in [-0.2, 0) is 19.6 Å². The Labute approximate surface area is 228 Å². The van der Waals surface area contributed by atoms with Crippen LogP contribution in [0.5, 0.6) is 0 Å². The second-order valence-corrected chi connectivity index (χ2v) is 11.5. The van der Waals surface area contributed by atoms with Gasteiger partial charge in [0.1, 0.15) is 0 Å². The van der Waals surface area contributed by atoms with Gasteiger partial charge in [-0.1, -0.05) is 49.9 Å². The number of rotatable bonds is 17. The molecule has 38 heavy (non-hydrogen) atoms. The normalized spacial score (nSPS) is 14.8. The maximum Gasteiger partial charge on any atom is 0.243 e. The average molecular weight is 543 g/mol. The molecule has 0 unspecified atom stereocenters. The molecular formula is C29H42N4O4S. The van der Waals surface area contributed by atoms with Crippen molar-refractivity contribution in [2.75, 3.05) is 52.5 Å². The highest BCUT2D eigenvalue weighted by Gasteiger charge is 2.24. The van der Waals surface area contributed by atoms with Gasteiger partial charge in [0.25, 0.3) is 0 Å². The Hall–Kier alpha value is -2.59. The van der Waals surface area contributed by atoms with E-state index >= 15 is 0 Å². The molecule has 8 nitrogen and oxygen atoms in total. The van der Waals surface area contributed by atoms with Gasteiger partial charge in [0.2, 0.25) is 15.9 Å². The van der Waals surface area contributed by atoms with Gasteiger partial charge in [-0.15, -0.1) is 0 Å². The van der Waals surface area contributed by atoms with E-state index in [-0.39, 0.29) is 5.91 Å². The van der Waals surface area contributed by atoms with Crippen LogP contribution in [0.15, 0.2) is 65.8 Å². The summed E-state index contributed by atoms with van der Waals surface area (Å²) < 4.78 is 33.6. The van der Waals surface area contributed by atoms with E-state index < -0.39 is 10.0 Å². The van der Waals surface area contributed by atoms with Gasteiger partial charge in [0.05, 0.1) is 18.1 Å². The Morgan fingerprint density at radius 2 is 1.66 bits per heavy atom. The van der Waals surface area contributed by atoms with Crippen LogP contribution in [-0.4, -0.2) is 81.0 Å². The average Bonchev–Trinajstić information content (AvgIpc) is 2.95. The van der Waals surface area contributed by atoms with Crippen LogP contribution in [0, 0.1) is 0 Å². The number of pyridine rings is 1. The molecule has 1 N–H and O–H groups in total. The molecule has 1 aromatic heterocycles. The van der Waals surface area contributed by atoms with Crippen LogP contribution in [0.25, 0.3) is 6.08 Å². The standard InChI is InChI=1S/C29H42N4O4S/c34-29(16-15-27-12-10-17-30-26-27)31-18-8-3-1-2-4-9-20-33(21-11-19-32-22-24-37-25-23-32)38(35,36)28-13-6-5-7-14-28/h5-7,10,12-17,26H,1-4,8-9,11,18-25H2,(H,31,34). The lowest BCUT2D eigenvalue weighted by Crippen LogP contribution is -2.39. The largest absolute Gasteiger partial charge is 0.379 e. The number of carbonyl (C=O) groups is 1. The highest BCUT2D eigenvalue weighted by atomic mass is 32.2. The summed E-state index contributed by atoms with van der Waals surface area (Å²) in [6.45, 7) is 5.95. The summed E-state index contributed by atoms with van der Waals surface area (Å²) in [6, 6.07) is 12.5. The fraction of sp³-hybridized carbons (Fsp3) is 0.517. The van der Waals surface area contributed by atoms with Crippen molar-refractivity contribution in [1.82, 2.24) is 19.5 Å². The quantitative estimate of drug-likeness (QED) is 0.240. The molecule has 2 heterocycles. The zero-order chi connectivity index (χ0) is 26.9. The Morgan fingerprint density at radius 3 is 2.39 bits per heavy atom. The molecule has 0 atom stereocenters. The third-order valence-corrected chi connectivity index (χ3v) is 8.52. The highest BCUT2D eigenvalue weighted by Crippen LogP contribution is 2.17. The topological polar surface area (TPSA) is 91.8 Å². The molecule has 0 radical (unpaired) electrons. The van der Waals surface area contributed by atoms with Gasteiger partial charge in [-0.3, -0.25) is 14.7 Å². The lowest BCUT2D eigenvalue weighted by Gasteiger charge is -2.28. The Morgan fingerprint density at radius 1 is 0.947 bits per heavy atom. The summed E-state index contributed by atoms with van der Waals surface area (Å²) in [5.74, 6) is -0.0952. The van der Waals surface area contributed by atoms with Crippen molar-refractivity contribution in [1.29, 1.82) is 0 Å². The molecule has 1 saturated heterocycles. The number of unbranched alkanes of at least 4 members (excludes halogenated alkanes) is 5. The number of aromatic nitrogens is 1. The van der Waals surface area contributed by atoms with Gasteiger partial charge < -0.3 is 10.1 Å². The lowest BCUT2D eigenvalue weighted by atomic mass is 10.1. The number of sulfonamides is 1. The maximum atomic E-state index is 13.3. The third-order valence-electron chi connectivity index (χ3n) is 6.61. The number of hydrogen-bond donors (Lipinski definition) is 1. The van der Waals surface area contributed by atoms with Gasteiger partial charge in [-0.05, 0) is 55.6 Å². The van der Waals surface area contributed by atoms with Crippen LogP contribution in [0.1, 0.15) is 50.5 Å². The van der Waals surface area contributed by atoms with E-state index in [1.54, 1.807) is 47.0 Å². The Bertz CT molecular complexity index is 1060. The molecule has 1 aromatic carbocycles. The Balaban J connectivity index is 1.32. The number of hydrogen-bond acceptors (Lipinski definition) is 6. The van der Waals surface area contributed by atoms with Crippen molar-refractivity contribution in [2.24, 2.45) is 0 Å². The molecule has 0 saturated carbocycles. The van der Waals surface area contributed by atoms with E-state index in [2.05, 4.69) is 15.2 Å². The fourth-order valence-corrected chi connectivity index (χ4v) is 5.96. The summed E-state index contributed by atoms with van der Waals surface area (Å²) in [4.78, 5) is 18.7. The van der Waals surface area contributed by atoms with Crippen LogP contribution in [0.2, 0.25) is 0 Å². The number of amides is 1. The van der Waals surface area contributed by atoms with Gasteiger partial charge in [0.15, 0.2) is 0 Å². The van der Waals surface area contributed by atoms with E-state index in [0.29, 0.717) is 24.5 Å². The van der Waals surface area contributed by atoms with E-state index in [9.17, 15) is 13.2 Å². The SMILES string of the molecule is O=C(C=Cc1cccnc1)NCCCCCCCCN(CCCN1CCOCC1)S(=O)(=O)c1ccccc1. The first-order chi connectivity index (χ1) is 18.6. The molecule has 0 bridgehead atoms. The summed E-state index contributed by atoms with van der Waals surface area (Å²) in [5, 5.41) is 2.92. The van der Waals surface area contributed by atoms with Crippen molar-refractivity contribution in [3.8, 4) is 0 Å². The van der Waals surface area contributed by atoms with E-state index in [1.165, 1.54) is 6.08 Å². The van der Waals surface area contributed by atoms with Crippen molar-refractivity contribution in [3.05, 3.63) is 66.5 Å². The molecule has 3 rings (SSSR count). The molecule has 1 amide bonds.